The minimum absolute atomic E-state index is 0.180. The number of hydrogen-bond donors (Lipinski definition) is 2. The Morgan fingerprint density at radius 3 is 2.59 bits per heavy atom. The Hall–Kier alpha value is -2.56. The minimum atomic E-state index is -0.180. The van der Waals surface area contributed by atoms with Gasteiger partial charge in [-0.2, -0.15) is 5.10 Å². The summed E-state index contributed by atoms with van der Waals surface area (Å²) in [5.74, 6) is -0.180. The van der Waals surface area contributed by atoms with Gasteiger partial charge in [0.2, 0.25) is 0 Å². The first-order valence-electron chi connectivity index (χ1n) is 7.22. The van der Waals surface area contributed by atoms with E-state index < -0.39 is 0 Å². The molecule has 1 amide bonds. The highest BCUT2D eigenvalue weighted by atomic mass is 16.2. The molecule has 0 bridgehead atoms. The monoisotopic (exact) mass is 298 g/mol. The lowest BCUT2D eigenvalue weighted by Gasteiger charge is -2.07. The van der Waals surface area contributed by atoms with Crippen molar-refractivity contribution in [2.75, 3.05) is 11.9 Å². The molecule has 1 aromatic heterocycles. The molecular formula is C17H22N4O. The third-order valence-corrected chi connectivity index (χ3v) is 3.76. The number of rotatable bonds is 5. The summed E-state index contributed by atoms with van der Waals surface area (Å²) in [7, 11) is 1.96. The van der Waals surface area contributed by atoms with Crippen molar-refractivity contribution in [1.82, 2.24) is 9.99 Å². The van der Waals surface area contributed by atoms with Gasteiger partial charge in [-0.15, -0.1) is 0 Å². The average molecular weight is 298 g/mol. The summed E-state index contributed by atoms with van der Waals surface area (Å²) in [5.41, 5.74) is 7.97. The molecule has 0 fully saturated rings. The van der Waals surface area contributed by atoms with Crippen LogP contribution in [0.4, 0.5) is 5.69 Å². The molecule has 2 aromatic rings. The number of hydrogen-bond acceptors (Lipinski definition) is 3. The van der Waals surface area contributed by atoms with E-state index in [1.54, 1.807) is 6.21 Å². The second kappa shape index (κ2) is 6.93. The normalized spacial score (nSPS) is 10.9. The topological polar surface area (TPSA) is 58.4 Å². The van der Waals surface area contributed by atoms with Crippen molar-refractivity contribution in [2.45, 2.75) is 20.8 Å². The quantitative estimate of drug-likeness (QED) is 0.658. The van der Waals surface area contributed by atoms with Crippen LogP contribution in [0.3, 0.4) is 0 Å². The summed E-state index contributed by atoms with van der Waals surface area (Å²) in [4.78, 5) is 11.8. The van der Waals surface area contributed by atoms with Crippen LogP contribution in [-0.2, 0) is 11.8 Å². The molecule has 1 heterocycles. The van der Waals surface area contributed by atoms with Gasteiger partial charge in [0.15, 0.2) is 0 Å². The molecule has 5 heteroatoms. The molecule has 5 nitrogen and oxygen atoms in total. The van der Waals surface area contributed by atoms with Gasteiger partial charge in [-0.25, -0.2) is 5.43 Å². The molecule has 0 unspecified atom stereocenters. The van der Waals surface area contributed by atoms with Crippen molar-refractivity contribution in [3.8, 4) is 0 Å². The number of hydrazone groups is 1. The van der Waals surface area contributed by atoms with Crippen molar-refractivity contribution in [3.63, 3.8) is 0 Å². The van der Waals surface area contributed by atoms with E-state index >= 15 is 0 Å². The lowest BCUT2D eigenvalue weighted by Crippen LogP contribution is -2.26. The number of amides is 1. The Balaban J connectivity index is 1.83. The molecule has 0 aliphatic carbocycles. The summed E-state index contributed by atoms with van der Waals surface area (Å²) in [6.07, 6.45) is 1.64. The number of aromatic nitrogens is 1. The lowest BCUT2D eigenvalue weighted by molar-refractivity contribution is -0.119. The molecule has 0 spiro atoms. The zero-order chi connectivity index (χ0) is 16.1. The van der Waals surface area contributed by atoms with Crippen molar-refractivity contribution >= 4 is 17.8 Å². The highest BCUT2D eigenvalue weighted by Crippen LogP contribution is 2.13. The van der Waals surface area contributed by atoms with E-state index in [9.17, 15) is 4.79 Å². The second-order valence-corrected chi connectivity index (χ2v) is 5.40. The van der Waals surface area contributed by atoms with Gasteiger partial charge in [-0.1, -0.05) is 6.07 Å². The van der Waals surface area contributed by atoms with Crippen LogP contribution in [0.15, 0.2) is 35.4 Å². The van der Waals surface area contributed by atoms with Gasteiger partial charge < -0.3 is 9.88 Å². The molecule has 22 heavy (non-hydrogen) atoms. The van der Waals surface area contributed by atoms with E-state index in [1.807, 2.05) is 55.8 Å². The highest BCUT2D eigenvalue weighted by Gasteiger charge is 2.01. The fourth-order valence-electron chi connectivity index (χ4n) is 2.01. The predicted octanol–water partition coefficient (Wildman–Crippen LogP) is 2.51. The Bertz CT molecular complexity index is 701. The van der Waals surface area contributed by atoms with Gasteiger partial charge in [0.25, 0.3) is 5.91 Å². The van der Waals surface area contributed by atoms with Crippen LogP contribution >= 0.6 is 0 Å². The third-order valence-electron chi connectivity index (χ3n) is 3.76. The Labute approximate surface area is 131 Å². The molecule has 0 aliphatic heterocycles. The molecule has 0 radical (unpaired) electrons. The van der Waals surface area contributed by atoms with E-state index in [0.717, 1.165) is 17.1 Å². The summed E-state index contributed by atoms with van der Waals surface area (Å²) < 4.78 is 2.00. The van der Waals surface area contributed by atoms with Crippen LogP contribution in [-0.4, -0.2) is 23.2 Å². The van der Waals surface area contributed by atoms with E-state index in [4.69, 9.17) is 0 Å². The predicted molar refractivity (Wildman–Crippen MR) is 90.3 cm³/mol. The molecule has 1 aromatic carbocycles. The summed E-state index contributed by atoms with van der Waals surface area (Å²) in [6, 6.07) is 9.98. The maximum atomic E-state index is 11.8. The van der Waals surface area contributed by atoms with E-state index in [2.05, 4.69) is 22.8 Å². The SMILES string of the molecule is Cc1ccc(NCC(=O)N/N=C/c2ccc(C)n2C)cc1C. The van der Waals surface area contributed by atoms with Crippen LogP contribution in [0.5, 0.6) is 0 Å². The van der Waals surface area contributed by atoms with Crippen LogP contribution in [0.2, 0.25) is 0 Å². The van der Waals surface area contributed by atoms with Gasteiger partial charge >= 0.3 is 0 Å². The van der Waals surface area contributed by atoms with Gasteiger partial charge in [-0.05, 0) is 56.2 Å². The number of anilines is 1. The molecule has 0 aliphatic rings. The number of carbonyl (C=O) groups is 1. The standard InChI is InChI=1S/C17H22N4O/c1-12-5-7-15(9-13(12)2)18-11-17(22)20-19-10-16-8-6-14(3)21(16)4/h5-10,18H,11H2,1-4H3,(H,20,22)/b19-10+. The maximum absolute atomic E-state index is 11.8. The zero-order valence-corrected chi connectivity index (χ0v) is 13.5. The van der Waals surface area contributed by atoms with Gasteiger partial charge in [-0.3, -0.25) is 4.79 Å². The van der Waals surface area contributed by atoms with Crippen molar-refractivity contribution in [1.29, 1.82) is 0 Å². The van der Waals surface area contributed by atoms with E-state index in [-0.39, 0.29) is 12.5 Å². The number of carbonyl (C=O) groups excluding carboxylic acids is 1. The second-order valence-electron chi connectivity index (χ2n) is 5.40. The van der Waals surface area contributed by atoms with Crippen molar-refractivity contribution in [3.05, 3.63) is 52.8 Å². The summed E-state index contributed by atoms with van der Waals surface area (Å²) in [6.45, 7) is 6.31. The third kappa shape index (κ3) is 3.97. The van der Waals surface area contributed by atoms with Gasteiger partial charge in [0.05, 0.1) is 18.5 Å². The van der Waals surface area contributed by atoms with E-state index in [0.29, 0.717) is 0 Å². The fourth-order valence-corrected chi connectivity index (χ4v) is 2.01. The average Bonchev–Trinajstić information content (AvgIpc) is 2.80. The highest BCUT2D eigenvalue weighted by molar-refractivity contribution is 5.83. The number of aryl methyl sites for hydroxylation is 3. The Morgan fingerprint density at radius 2 is 1.95 bits per heavy atom. The molecular weight excluding hydrogens is 276 g/mol. The van der Waals surface area contributed by atoms with Crippen LogP contribution in [0.25, 0.3) is 0 Å². The van der Waals surface area contributed by atoms with Crippen LogP contribution in [0, 0.1) is 20.8 Å². The largest absolute Gasteiger partial charge is 0.376 e. The van der Waals surface area contributed by atoms with Crippen molar-refractivity contribution in [2.24, 2.45) is 12.1 Å². The molecule has 116 valence electrons. The first-order chi connectivity index (χ1) is 10.5. The number of nitrogens with zero attached hydrogens (tertiary/aromatic N) is 2. The Kier molecular flexibility index (Phi) is 4.99. The molecule has 0 saturated carbocycles. The zero-order valence-electron chi connectivity index (χ0n) is 13.5. The number of benzene rings is 1. The van der Waals surface area contributed by atoms with Crippen molar-refractivity contribution < 1.29 is 4.79 Å². The molecule has 2 N–H and O–H groups in total. The molecule has 2 rings (SSSR count). The lowest BCUT2D eigenvalue weighted by atomic mass is 10.1. The number of nitrogens with one attached hydrogen (secondary N) is 2. The maximum Gasteiger partial charge on any atom is 0.259 e. The fraction of sp³-hybridized carbons (Fsp3) is 0.294. The van der Waals surface area contributed by atoms with E-state index in [1.165, 1.54) is 11.1 Å². The van der Waals surface area contributed by atoms with Gasteiger partial charge in [0.1, 0.15) is 0 Å². The van der Waals surface area contributed by atoms with Crippen LogP contribution < -0.4 is 10.7 Å². The smallest absolute Gasteiger partial charge is 0.259 e. The summed E-state index contributed by atoms with van der Waals surface area (Å²) >= 11 is 0. The van der Waals surface area contributed by atoms with Gasteiger partial charge in [0, 0.05) is 18.4 Å². The molecule has 0 saturated heterocycles. The van der Waals surface area contributed by atoms with Crippen LogP contribution in [0.1, 0.15) is 22.5 Å². The first-order valence-corrected chi connectivity index (χ1v) is 7.22. The first kappa shape index (κ1) is 15.8. The minimum Gasteiger partial charge on any atom is -0.376 e. The summed E-state index contributed by atoms with van der Waals surface area (Å²) in [5, 5.41) is 7.06. The molecule has 0 atom stereocenters. The Morgan fingerprint density at radius 1 is 1.18 bits per heavy atom.